The third-order valence-corrected chi connectivity index (χ3v) is 7.82. The van der Waals surface area contributed by atoms with Crippen LogP contribution >= 0.6 is 11.6 Å². The van der Waals surface area contributed by atoms with E-state index in [-0.39, 0.29) is 39.5 Å². The van der Waals surface area contributed by atoms with E-state index in [1.54, 1.807) is 0 Å². The molecule has 0 aliphatic heterocycles. The number of rotatable bonds is 5. The first-order valence-corrected chi connectivity index (χ1v) is 13.6. The average Bonchev–Trinajstić information content (AvgIpc) is 3.64. The Morgan fingerprint density at radius 2 is 1.68 bits per heavy atom. The molecule has 13 heteroatoms. The van der Waals surface area contributed by atoms with E-state index in [0.29, 0.717) is 17.9 Å². The molecule has 8 nitrogen and oxygen atoms in total. The molecule has 0 saturated heterocycles. The second kappa shape index (κ2) is 9.28. The van der Waals surface area contributed by atoms with Gasteiger partial charge in [0.05, 0.1) is 23.8 Å². The monoisotopic (exact) mass is 561 g/mol. The molecule has 3 aromatic heterocycles. The predicted molar refractivity (Wildman–Crippen MR) is 133 cm³/mol. The van der Waals surface area contributed by atoms with Crippen LogP contribution in [0, 0.1) is 31.3 Å². The number of aryl methyl sites for hydroxylation is 2. The molecule has 1 saturated carbocycles. The predicted octanol–water partition coefficient (Wildman–Crippen LogP) is 4.45. The summed E-state index contributed by atoms with van der Waals surface area (Å²) in [5, 5.41) is -0.229. The normalized spacial score (nSPS) is 17.0. The third kappa shape index (κ3) is 4.37. The Bertz CT molecular complexity index is 1780. The fourth-order valence-electron chi connectivity index (χ4n) is 4.44. The summed E-state index contributed by atoms with van der Waals surface area (Å²) in [6.45, 7) is 3.01. The Balaban J connectivity index is 1.61. The van der Waals surface area contributed by atoms with Crippen LogP contribution in [0.3, 0.4) is 0 Å². The lowest BCUT2D eigenvalue weighted by molar-refractivity contribution is 0.568. The lowest BCUT2D eigenvalue weighted by Gasteiger charge is -2.17. The highest BCUT2D eigenvalue weighted by Crippen LogP contribution is 2.54. The molecule has 3 heterocycles. The summed E-state index contributed by atoms with van der Waals surface area (Å²) >= 11 is 6.43. The third-order valence-electron chi connectivity index (χ3n) is 6.35. The van der Waals surface area contributed by atoms with E-state index < -0.39 is 43.4 Å². The van der Waals surface area contributed by atoms with E-state index in [2.05, 4.69) is 19.9 Å². The molecule has 0 amide bonds. The van der Waals surface area contributed by atoms with E-state index in [0.717, 1.165) is 29.3 Å². The fourth-order valence-corrected chi connectivity index (χ4v) is 5.47. The number of hydrogen-bond acceptors (Lipinski definition) is 7. The van der Waals surface area contributed by atoms with Crippen LogP contribution in [0.25, 0.3) is 16.9 Å². The minimum Gasteiger partial charge on any atom is -0.267 e. The molecule has 0 bridgehead atoms. The summed E-state index contributed by atoms with van der Waals surface area (Å²) in [5.41, 5.74) is -1.31. The van der Waals surface area contributed by atoms with Gasteiger partial charge in [0.15, 0.2) is 27.3 Å². The number of pyridine rings is 1. The minimum atomic E-state index is -3.94. The smallest absolute Gasteiger partial charge is 0.267 e. The van der Waals surface area contributed by atoms with Crippen molar-refractivity contribution in [2.75, 3.05) is 6.26 Å². The Morgan fingerprint density at radius 1 is 1.00 bits per heavy atom. The maximum absolute atomic E-state index is 15.9. The summed E-state index contributed by atoms with van der Waals surface area (Å²) in [7, 11) is -3.94. The number of sulfone groups is 1. The van der Waals surface area contributed by atoms with Gasteiger partial charge in [-0.3, -0.25) is 14.3 Å². The van der Waals surface area contributed by atoms with Gasteiger partial charge in [-0.05, 0) is 38.0 Å². The van der Waals surface area contributed by atoms with Crippen molar-refractivity contribution in [2.24, 2.45) is 0 Å². The zero-order valence-corrected chi connectivity index (χ0v) is 21.8. The van der Waals surface area contributed by atoms with Gasteiger partial charge in [0.1, 0.15) is 27.3 Å². The van der Waals surface area contributed by atoms with E-state index >= 15 is 8.78 Å². The van der Waals surface area contributed by atoms with Crippen LogP contribution in [0.15, 0.2) is 46.5 Å². The fraction of sp³-hybridized carbons (Fsp3) is 0.240. The van der Waals surface area contributed by atoms with Crippen LogP contribution in [0.2, 0.25) is 5.02 Å². The standard InChI is InChI=1S/C25H19ClF3N5O3S/c1-11-8-30-22(14-5-4-6-17(19(14)28)38(3,36)37)20(29)23(11)34-12(2)33-21(18(26)25(34)35)15-7-16(15)24-31-9-13(27)10-32-24/h4-6,8-10,15-16H,7H2,1-3H3/t15-,16-/m0/s1. The summed E-state index contributed by atoms with van der Waals surface area (Å²) in [6.07, 6.45) is 4.74. The summed E-state index contributed by atoms with van der Waals surface area (Å²) in [4.78, 5) is 29.2. The van der Waals surface area contributed by atoms with Crippen molar-refractivity contribution in [2.45, 2.75) is 37.0 Å². The van der Waals surface area contributed by atoms with E-state index in [1.165, 1.54) is 32.2 Å². The van der Waals surface area contributed by atoms with Gasteiger partial charge in [-0.15, -0.1) is 0 Å². The van der Waals surface area contributed by atoms with Crippen molar-refractivity contribution in [3.8, 4) is 16.9 Å². The van der Waals surface area contributed by atoms with Crippen molar-refractivity contribution >= 4 is 21.4 Å². The van der Waals surface area contributed by atoms with Gasteiger partial charge in [0.25, 0.3) is 5.56 Å². The van der Waals surface area contributed by atoms with E-state index in [4.69, 9.17) is 11.6 Å². The zero-order chi connectivity index (χ0) is 27.5. The van der Waals surface area contributed by atoms with Crippen LogP contribution in [-0.2, 0) is 9.84 Å². The minimum absolute atomic E-state index is 0.115. The molecule has 0 spiro atoms. The van der Waals surface area contributed by atoms with Gasteiger partial charge >= 0.3 is 0 Å². The highest BCUT2D eigenvalue weighted by molar-refractivity contribution is 7.90. The van der Waals surface area contributed by atoms with Crippen molar-refractivity contribution in [1.29, 1.82) is 0 Å². The molecule has 38 heavy (non-hydrogen) atoms. The molecular formula is C25H19ClF3N5O3S. The topological polar surface area (TPSA) is 108 Å². The van der Waals surface area contributed by atoms with Gasteiger partial charge in [-0.2, -0.15) is 0 Å². The van der Waals surface area contributed by atoms with Crippen molar-refractivity contribution in [1.82, 2.24) is 24.5 Å². The number of aromatic nitrogens is 5. The first-order chi connectivity index (χ1) is 17.9. The Morgan fingerprint density at radius 3 is 2.34 bits per heavy atom. The molecule has 196 valence electrons. The van der Waals surface area contributed by atoms with Crippen molar-refractivity contribution < 1.29 is 21.6 Å². The average molecular weight is 562 g/mol. The number of hydrogen-bond donors (Lipinski definition) is 0. The quantitative estimate of drug-likeness (QED) is 0.354. The molecule has 1 fully saturated rings. The Hall–Kier alpha value is -3.64. The molecule has 2 atom stereocenters. The van der Waals surface area contributed by atoms with E-state index in [9.17, 15) is 17.6 Å². The second-order valence-electron chi connectivity index (χ2n) is 9.05. The van der Waals surface area contributed by atoms with Crippen LogP contribution in [0.4, 0.5) is 13.2 Å². The molecule has 1 aromatic carbocycles. The Kier molecular flexibility index (Phi) is 6.35. The van der Waals surface area contributed by atoms with Gasteiger partial charge in [0.2, 0.25) is 0 Å². The van der Waals surface area contributed by atoms with Gasteiger partial charge in [0, 0.05) is 29.9 Å². The lowest BCUT2D eigenvalue weighted by Crippen LogP contribution is -2.26. The highest BCUT2D eigenvalue weighted by Gasteiger charge is 2.45. The number of benzene rings is 1. The summed E-state index contributed by atoms with van der Waals surface area (Å²) in [6, 6.07) is 3.54. The van der Waals surface area contributed by atoms with Crippen LogP contribution in [0.1, 0.15) is 41.2 Å². The summed E-state index contributed by atoms with van der Waals surface area (Å²) in [5.74, 6) is -2.74. The molecule has 1 aliphatic rings. The SMILES string of the molecule is Cc1cnc(-c2cccc(S(C)(=O)=O)c2F)c(F)c1-n1c(C)nc([C@H]2C[C@@H]2c2ncc(F)cn2)c(Cl)c1=O. The largest absolute Gasteiger partial charge is 0.277 e. The number of halogens is 4. The zero-order valence-electron chi connectivity index (χ0n) is 20.2. The second-order valence-corrected chi connectivity index (χ2v) is 11.4. The maximum Gasteiger partial charge on any atom is 0.277 e. The Labute approximate surface area is 220 Å². The van der Waals surface area contributed by atoms with Gasteiger partial charge in [-0.25, -0.2) is 36.5 Å². The van der Waals surface area contributed by atoms with Gasteiger partial charge < -0.3 is 0 Å². The van der Waals surface area contributed by atoms with E-state index in [1.807, 2.05) is 0 Å². The first-order valence-electron chi connectivity index (χ1n) is 11.3. The number of nitrogens with zero attached hydrogens (tertiary/aromatic N) is 5. The van der Waals surface area contributed by atoms with Crippen LogP contribution < -0.4 is 5.56 Å². The lowest BCUT2D eigenvalue weighted by atomic mass is 10.1. The molecule has 4 aromatic rings. The first kappa shape index (κ1) is 26.0. The maximum atomic E-state index is 15.9. The van der Waals surface area contributed by atoms with Crippen LogP contribution in [0.5, 0.6) is 0 Å². The molecule has 1 aliphatic carbocycles. The molecule has 0 radical (unpaired) electrons. The molecular weight excluding hydrogens is 543 g/mol. The highest BCUT2D eigenvalue weighted by atomic mass is 35.5. The summed E-state index contributed by atoms with van der Waals surface area (Å²) < 4.78 is 69.1. The molecule has 5 rings (SSSR count). The van der Waals surface area contributed by atoms with Crippen molar-refractivity contribution in [3.63, 3.8) is 0 Å². The van der Waals surface area contributed by atoms with Gasteiger partial charge in [-0.1, -0.05) is 17.7 Å². The van der Waals surface area contributed by atoms with Crippen LogP contribution in [-0.4, -0.2) is 39.2 Å². The molecule has 0 unspecified atom stereocenters. The van der Waals surface area contributed by atoms with Crippen molar-refractivity contribution in [3.05, 3.63) is 92.5 Å². The molecule has 0 N–H and O–H groups in total.